The van der Waals surface area contributed by atoms with E-state index in [1.807, 2.05) is 12.1 Å². The molecule has 1 saturated carbocycles. The van der Waals surface area contributed by atoms with Gasteiger partial charge >= 0.3 is 5.97 Å². The van der Waals surface area contributed by atoms with Gasteiger partial charge < -0.3 is 10.1 Å². The zero-order valence-corrected chi connectivity index (χ0v) is 12.4. The van der Waals surface area contributed by atoms with Crippen molar-refractivity contribution in [1.82, 2.24) is 5.32 Å². The van der Waals surface area contributed by atoms with Crippen molar-refractivity contribution in [3.8, 4) is 0 Å². The number of benzene rings is 1. The van der Waals surface area contributed by atoms with Crippen molar-refractivity contribution < 1.29 is 14.3 Å². The van der Waals surface area contributed by atoms with Crippen LogP contribution in [0.3, 0.4) is 0 Å². The van der Waals surface area contributed by atoms with Crippen LogP contribution in [0.2, 0.25) is 0 Å². The average Bonchev–Trinajstić information content (AvgIpc) is 3.29. The Bertz CT molecular complexity index is 469. The maximum absolute atomic E-state index is 11.6. The van der Waals surface area contributed by atoms with Crippen LogP contribution in [0.1, 0.15) is 28.8 Å². The SMILES string of the molecule is COC(=O)c1ccc(CSCC(=O)NCC2CC2)cc1. The van der Waals surface area contributed by atoms with Gasteiger partial charge in [0.25, 0.3) is 0 Å². The fraction of sp³-hybridized carbons (Fsp3) is 0.467. The van der Waals surface area contributed by atoms with E-state index in [4.69, 9.17) is 0 Å². The molecule has 1 aliphatic rings. The lowest BCUT2D eigenvalue weighted by molar-refractivity contribution is -0.118. The van der Waals surface area contributed by atoms with E-state index in [2.05, 4.69) is 10.1 Å². The Morgan fingerprint density at radius 2 is 2.00 bits per heavy atom. The minimum Gasteiger partial charge on any atom is -0.465 e. The minimum absolute atomic E-state index is 0.105. The van der Waals surface area contributed by atoms with Crippen molar-refractivity contribution in [2.45, 2.75) is 18.6 Å². The molecule has 0 radical (unpaired) electrons. The van der Waals surface area contributed by atoms with Gasteiger partial charge in [0.15, 0.2) is 0 Å². The zero-order chi connectivity index (χ0) is 14.4. The Labute approximate surface area is 123 Å². The Morgan fingerprint density at radius 1 is 1.30 bits per heavy atom. The number of hydrogen-bond donors (Lipinski definition) is 1. The fourth-order valence-electron chi connectivity index (χ4n) is 1.75. The molecule has 4 nitrogen and oxygen atoms in total. The number of hydrogen-bond acceptors (Lipinski definition) is 4. The molecule has 0 aromatic heterocycles. The third-order valence-electron chi connectivity index (χ3n) is 3.16. The van der Waals surface area contributed by atoms with Crippen LogP contribution < -0.4 is 5.32 Å². The van der Waals surface area contributed by atoms with Gasteiger partial charge in [0.05, 0.1) is 18.4 Å². The molecule has 1 amide bonds. The number of methoxy groups -OCH3 is 1. The molecule has 108 valence electrons. The van der Waals surface area contributed by atoms with Crippen LogP contribution in [0, 0.1) is 5.92 Å². The van der Waals surface area contributed by atoms with Gasteiger partial charge in [-0.15, -0.1) is 11.8 Å². The van der Waals surface area contributed by atoms with Gasteiger partial charge in [-0.1, -0.05) is 12.1 Å². The van der Waals surface area contributed by atoms with Crippen LogP contribution in [0.15, 0.2) is 24.3 Å². The molecule has 0 spiro atoms. The highest BCUT2D eigenvalue weighted by molar-refractivity contribution is 7.99. The van der Waals surface area contributed by atoms with Crippen molar-refractivity contribution in [2.24, 2.45) is 5.92 Å². The summed E-state index contributed by atoms with van der Waals surface area (Å²) < 4.78 is 4.64. The standard InChI is InChI=1S/C15H19NO3S/c1-19-15(18)13-6-4-12(5-7-13)9-20-10-14(17)16-8-11-2-3-11/h4-7,11H,2-3,8-10H2,1H3,(H,16,17). The van der Waals surface area contributed by atoms with E-state index in [1.165, 1.54) is 20.0 Å². The van der Waals surface area contributed by atoms with Gasteiger partial charge in [-0.3, -0.25) is 4.79 Å². The van der Waals surface area contributed by atoms with Gasteiger partial charge in [-0.2, -0.15) is 0 Å². The fourth-order valence-corrected chi connectivity index (χ4v) is 2.57. The van der Waals surface area contributed by atoms with Crippen LogP contribution in [-0.2, 0) is 15.3 Å². The first-order valence-electron chi connectivity index (χ1n) is 6.70. The molecule has 1 aliphatic carbocycles. The second kappa shape index (κ2) is 7.33. The summed E-state index contributed by atoms with van der Waals surface area (Å²) in [6.07, 6.45) is 2.50. The Morgan fingerprint density at radius 3 is 2.60 bits per heavy atom. The molecule has 2 rings (SSSR count). The molecule has 1 N–H and O–H groups in total. The minimum atomic E-state index is -0.330. The highest BCUT2D eigenvalue weighted by atomic mass is 32.2. The molecule has 0 bridgehead atoms. The summed E-state index contributed by atoms with van der Waals surface area (Å²) in [6.45, 7) is 0.827. The molecule has 1 aromatic rings. The van der Waals surface area contributed by atoms with E-state index in [0.29, 0.717) is 11.3 Å². The maximum Gasteiger partial charge on any atom is 0.337 e. The van der Waals surface area contributed by atoms with Crippen LogP contribution in [-0.4, -0.2) is 31.3 Å². The summed E-state index contributed by atoms with van der Waals surface area (Å²) in [5.74, 6) is 1.73. The number of carbonyl (C=O) groups excluding carboxylic acids is 2. The first kappa shape index (κ1) is 14.9. The van der Waals surface area contributed by atoms with Crippen LogP contribution in [0.25, 0.3) is 0 Å². The largest absolute Gasteiger partial charge is 0.465 e. The van der Waals surface area contributed by atoms with E-state index >= 15 is 0 Å². The lowest BCUT2D eigenvalue weighted by Crippen LogP contribution is -2.27. The Kier molecular flexibility index (Phi) is 5.47. The van der Waals surface area contributed by atoms with E-state index < -0.39 is 0 Å². The Hall–Kier alpha value is -1.49. The summed E-state index contributed by atoms with van der Waals surface area (Å²) in [5, 5.41) is 2.94. The van der Waals surface area contributed by atoms with Crippen molar-refractivity contribution in [1.29, 1.82) is 0 Å². The highest BCUT2D eigenvalue weighted by Gasteiger charge is 2.21. The molecule has 5 heteroatoms. The normalized spacial score (nSPS) is 13.8. The second-order valence-electron chi connectivity index (χ2n) is 4.93. The number of amides is 1. The summed E-state index contributed by atoms with van der Waals surface area (Å²) in [5.41, 5.74) is 1.64. The summed E-state index contributed by atoms with van der Waals surface area (Å²) in [4.78, 5) is 22.8. The number of rotatable bonds is 7. The summed E-state index contributed by atoms with van der Waals surface area (Å²) >= 11 is 1.58. The summed E-state index contributed by atoms with van der Waals surface area (Å²) in [7, 11) is 1.37. The van der Waals surface area contributed by atoms with Gasteiger partial charge in [0.2, 0.25) is 5.91 Å². The third kappa shape index (κ3) is 4.89. The van der Waals surface area contributed by atoms with Gasteiger partial charge in [0, 0.05) is 12.3 Å². The molecule has 0 heterocycles. The van der Waals surface area contributed by atoms with E-state index in [-0.39, 0.29) is 11.9 Å². The second-order valence-corrected chi connectivity index (χ2v) is 5.91. The number of carbonyl (C=O) groups is 2. The molecule has 0 atom stereocenters. The number of esters is 1. The average molecular weight is 293 g/mol. The first-order valence-corrected chi connectivity index (χ1v) is 7.86. The van der Waals surface area contributed by atoms with Crippen molar-refractivity contribution in [2.75, 3.05) is 19.4 Å². The lowest BCUT2D eigenvalue weighted by Gasteiger charge is -2.05. The molecular weight excluding hydrogens is 274 g/mol. The zero-order valence-electron chi connectivity index (χ0n) is 11.6. The third-order valence-corrected chi connectivity index (χ3v) is 4.17. The molecule has 0 saturated heterocycles. The van der Waals surface area contributed by atoms with Crippen LogP contribution >= 0.6 is 11.8 Å². The van der Waals surface area contributed by atoms with Gasteiger partial charge in [0.1, 0.15) is 0 Å². The molecule has 0 aliphatic heterocycles. The van der Waals surface area contributed by atoms with Crippen molar-refractivity contribution in [3.63, 3.8) is 0 Å². The topological polar surface area (TPSA) is 55.4 Å². The van der Waals surface area contributed by atoms with Crippen LogP contribution in [0.5, 0.6) is 0 Å². The predicted octanol–water partition coefficient (Wildman–Crippen LogP) is 2.23. The van der Waals surface area contributed by atoms with E-state index in [1.54, 1.807) is 23.9 Å². The molecule has 0 unspecified atom stereocenters. The molecule has 1 aromatic carbocycles. The number of ether oxygens (including phenoxy) is 1. The summed E-state index contributed by atoms with van der Waals surface area (Å²) in [6, 6.07) is 7.27. The lowest BCUT2D eigenvalue weighted by atomic mass is 10.1. The maximum atomic E-state index is 11.6. The molecular formula is C15H19NO3S. The number of thioether (sulfide) groups is 1. The first-order chi connectivity index (χ1) is 9.69. The van der Waals surface area contributed by atoms with Gasteiger partial charge in [-0.05, 0) is 36.5 Å². The number of nitrogens with one attached hydrogen (secondary N) is 1. The van der Waals surface area contributed by atoms with Gasteiger partial charge in [-0.25, -0.2) is 4.79 Å². The van der Waals surface area contributed by atoms with E-state index in [9.17, 15) is 9.59 Å². The van der Waals surface area contributed by atoms with E-state index in [0.717, 1.165) is 23.8 Å². The van der Waals surface area contributed by atoms with Crippen molar-refractivity contribution in [3.05, 3.63) is 35.4 Å². The highest BCUT2D eigenvalue weighted by Crippen LogP contribution is 2.27. The molecule has 20 heavy (non-hydrogen) atoms. The smallest absolute Gasteiger partial charge is 0.337 e. The van der Waals surface area contributed by atoms with Crippen LogP contribution in [0.4, 0.5) is 0 Å². The predicted molar refractivity (Wildman–Crippen MR) is 79.7 cm³/mol. The quantitative estimate of drug-likeness (QED) is 0.783. The van der Waals surface area contributed by atoms with Crippen molar-refractivity contribution >= 4 is 23.6 Å². The Balaban J connectivity index is 1.67. The molecule has 1 fully saturated rings. The monoisotopic (exact) mass is 293 g/mol.